The van der Waals surface area contributed by atoms with Gasteiger partial charge >= 0.3 is 0 Å². The maximum absolute atomic E-state index is 5.35. The van der Waals surface area contributed by atoms with Crippen molar-refractivity contribution >= 4 is 0 Å². The Morgan fingerprint density at radius 3 is 2.39 bits per heavy atom. The fourth-order valence-corrected chi connectivity index (χ4v) is 2.19. The summed E-state index contributed by atoms with van der Waals surface area (Å²) in [6.45, 7) is 0. The molecule has 0 spiro atoms. The Bertz CT molecular complexity index is 814. The van der Waals surface area contributed by atoms with Crippen LogP contribution in [0.3, 0.4) is 0 Å². The number of aromatic nitrogens is 2. The first-order valence-corrected chi connectivity index (χ1v) is 6.95. The Balaban J connectivity index is 1.95. The molecule has 0 radical (unpaired) electrons. The third-order valence-electron chi connectivity index (χ3n) is 3.38. The lowest BCUT2D eigenvalue weighted by Gasteiger charge is -2.07. The van der Waals surface area contributed by atoms with Crippen LogP contribution in [0.4, 0.5) is 0 Å². The number of methoxy groups -OCH3 is 3. The fraction of sp³-hybridized carbons (Fsp3) is 0.176. The molecule has 0 saturated heterocycles. The zero-order chi connectivity index (χ0) is 16.2. The normalized spacial score (nSPS) is 10.4. The summed E-state index contributed by atoms with van der Waals surface area (Å²) in [7, 11) is 4.78. The van der Waals surface area contributed by atoms with Crippen molar-refractivity contribution in [3.05, 3.63) is 42.5 Å². The highest BCUT2D eigenvalue weighted by Gasteiger charge is 2.13. The third kappa shape index (κ3) is 2.96. The van der Waals surface area contributed by atoms with E-state index in [0.29, 0.717) is 23.2 Å². The average Bonchev–Trinajstić information content (AvgIpc) is 3.11. The Morgan fingerprint density at radius 1 is 0.826 bits per heavy atom. The molecule has 3 rings (SSSR count). The van der Waals surface area contributed by atoms with E-state index >= 15 is 0 Å². The lowest BCUT2D eigenvalue weighted by molar-refractivity contribution is 0.355. The minimum Gasteiger partial charge on any atom is -0.497 e. The van der Waals surface area contributed by atoms with E-state index in [1.165, 1.54) is 0 Å². The summed E-state index contributed by atoms with van der Waals surface area (Å²) in [6.07, 6.45) is 0. The molecule has 0 bridgehead atoms. The monoisotopic (exact) mass is 312 g/mol. The molecule has 1 aromatic heterocycles. The molecule has 1 heterocycles. The van der Waals surface area contributed by atoms with Crippen molar-refractivity contribution < 1.29 is 18.7 Å². The van der Waals surface area contributed by atoms with Crippen molar-refractivity contribution in [2.75, 3.05) is 21.3 Å². The first-order chi connectivity index (χ1) is 11.2. The standard InChI is InChI=1S/C17H16N2O4/c1-20-13-6-4-5-11(9-13)16-18-17(23-19-16)12-7-8-14(21-2)15(10-12)22-3/h4-10H,1-3H3. The van der Waals surface area contributed by atoms with Gasteiger partial charge in [0.25, 0.3) is 5.89 Å². The lowest BCUT2D eigenvalue weighted by Crippen LogP contribution is -1.91. The molecular weight excluding hydrogens is 296 g/mol. The molecule has 118 valence electrons. The van der Waals surface area contributed by atoms with Crippen LogP contribution in [0.5, 0.6) is 17.2 Å². The summed E-state index contributed by atoms with van der Waals surface area (Å²) in [5.74, 6) is 2.88. The van der Waals surface area contributed by atoms with Gasteiger partial charge in [-0.15, -0.1) is 0 Å². The van der Waals surface area contributed by atoms with E-state index in [1.807, 2.05) is 30.3 Å². The van der Waals surface area contributed by atoms with E-state index in [4.69, 9.17) is 18.7 Å². The third-order valence-corrected chi connectivity index (χ3v) is 3.38. The maximum Gasteiger partial charge on any atom is 0.258 e. The first kappa shape index (κ1) is 14.9. The second-order valence-corrected chi connectivity index (χ2v) is 4.72. The van der Waals surface area contributed by atoms with Crippen LogP contribution in [0, 0.1) is 0 Å². The quantitative estimate of drug-likeness (QED) is 0.719. The van der Waals surface area contributed by atoms with Gasteiger partial charge in [0, 0.05) is 11.1 Å². The highest BCUT2D eigenvalue weighted by Crippen LogP contribution is 2.32. The molecule has 6 heteroatoms. The Morgan fingerprint density at radius 2 is 1.65 bits per heavy atom. The first-order valence-electron chi connectivity index (χ1n) is 6.95. The molecule has 0 amide bonds. The van der Waals surface area contributed by atoms with Crippen LogP contribution < -0.4 is 14.2 Å². The fourth-order valence-electron chi connectivity index (χ4n) is 2.19. The average molecular weight is 312 g/mol. The zero-order valence-corrected chi connectivity index (χ0v) is 13.1. The molecule has 0 atom stereocenters. The van der Waals surface area contributed by atoms with Crippen LogP contribution in [0.2, 0.25) is 0 Å². The topological polar surface area (TPSA) is 66.6 Å². The second kappa shape index (κ2) is 6.39. The van der Waals surface area contributed by atoms with Gasteiger partial charge in [-0.3, -0.25) is 0 Å². The largest absolute Gasteiger partial charge is 0.497 e. The summed E-state index contributed by atoms with van der Waals surface area (Å²) in [4.78, 5) is 4.43. The molecular formula is C17H16N2O4. The molecule has 6 nitrogen and oxygen atoms in total. The van der Waals surface area contributed by atoms with Gasteiger partial charge < -0.3 is 18.7 Å². The molecule has 0 aliphatic carbocycles. The van der Waals surface area contributed by atoms with Gasteiger partial charge in [0.2, 0.25) is 5.82 Å². The van der Waals surface area contributed by atoms with Crippen LogP contribution in [0.25, 0.3) is 22.8 Å². The van der Waals surface area contributed by atoms with Crippen LogP contribution in [-0.4, -0.2) is 31.5 Å². The molecule has 0 aliphatic rings. The van der Waals surface area contributed by atoms with Crippen molar-refractivity contribution in [3.8, 4) is 40.1 Å². The van der Waals surface area contributed by atoms with Crippen molar-refractivity contribution in [3.63, 3.8) is 0 Å². The zero-order valence-electron chi connectivity index (χ0n) is 13.1. The summed E-state index contributed by atoms with van der Waals surface area (Å²) in [5, 5.41) is 4.02. The Hall–Kier alpha value is -3.02. The number of rotatable bonds is 5. The smallest absolute Gasteiger partial charge is 0.258 e. The van der Waals surface area contributed by atoms with E-state index in [-0.39, 0.29) is 0 Å². The van der Waals surface area contributed by atoms with Crippen molar-refractivity contribution in [1.82, 2.24) is 10.1 Å². The van der Waals surface area contributed by atoms with Crippen LogP contribution >= 0.6 is 0 Å². The Kier molecular flexibility index (Phi) is 4.14. The lowest BCUT2D eigenvalue weighted by atomic mass is 10.2. The highest BCUT2D eigenvalue weighted by molar-refractivity contribution is 5.63. The number of ether oxygens (including phenoxy) is 3. The van der Waals surface area contributed by atoms with E-state index in [1.54, 1.807) is 33.5 Å². The summed E-state index contributed by atoms with van der Waals surface area (Å²) < 4.78 is 21.1. The van der Waals surface area contributed by atoms with Gasteiger partial charge in [0.15, 0.2) is 11.5 Å². The number of hydrogen-bond donors (Lipinski definition) is 0. The highest BCUT2D eigenvalue weighted by atomic mass is 16.5. The number of hydrogen-bond acceptors (Lipinski definition) is 6. The van der Waals surface area contributed by atoms with Gasteiger partial charge in [-0.2, -0.15) is 4.98 Å². The molecule has 0 saturated carbocycles. The van der Waals surface area contributed by atoms with E-state index in [2.05, 4.69) is 10.1 Å². The minimum absolute atomic E-state index is 0.406. The summed E-state index contributed by atoms with van der Waals surface area (Å²) in [5.41, 5.74) is 1.57. The molecule has 23 heavy (non-hydrogen) atoms. The van der Waals surface area contributed by atoms with Crippen molar-refractivity contribution in [1.29, 1.82) is 0 Å². The van der Waals surface area contributed by atoms with Crippen LogP contribution in [0.1, 0.15) is 0 Å². The van der Waals surface area contributed by atoms with E-state index in [9.17, 15) is 0 Å². The second-order valence-electron chi connectivity index (χ2n) is 4.72. The number of benzene rings is 2. The summed E-state index contributed by atoms with van der Waals surface area (Å²) >= 11 is 0. The number of nitrogens with zero attached hydrogens (tertiary/aromatic N) is 2. The summed E-state index contributed by atoms with van der Waals surface area (Å²) in [6, 6.07) is 12.9. The van der Waals surface area contributed by atoms with Crippen LogP contribution in [-0.2, 0) is 0 Å². The molecule has 0 unspecified atom stereocenters. The van der Waals surface area contributed by atoms with E-state index in [0.717, 1.165) is 16.9 Å². The minimum atomic E-state index is 0.406. The van der Waals surface area contributed by atoms with Crippen LogP contribution in [0.15, 0.2) is 47.0 Å². The van der Waals surface area contributed by atoms with Gasteiger partial charge in [-0.25, -0.2) is 0 Å². The maximum atomic E-state index is 5.35. The predicted octanol–water partition coefficient (Wildman–Crippen LogP) is 3.43. The molecule has 3 aromatic rings. The van der Waals surface area contributed by atoms with Gasteiger partial charge in [-0.05, 0) is 30.3 Å². The molecule has 0 fully saturated rings. The SMILES string of the molecule is COc1cccc(-c2noc(-c3ccc(OC)c(OC)c3)n2)c1. The molecule has 0 aliphatic heterocycles. The van der Waals surface area contributed by atoms with Crippen molar-refractivity contribution in [2.45, 2.75) is 0 Å². The predicted molar refractivity (Wildman–Crippen MR) is 84.8 cm³/mol. The van der Waals surface area contributed by atoms with Gasteiger partial charge in [0.1, 0.15) is 5.75 Å². The van der Waals surface area contributed by atoms with Gasteiger partial charge in [0.05, 0.1) is 21.3 Å². The Labute approximate surface area is 133 Å². The van der Waals surface area contributed by atoms with E-state index < -0.39 is 0 Å². The molecule has 0 N–H and O–H groups in total. The molecule has 2 aromatic carbocycles. The van der Waals surface area contributed by atoms with Gasteiger partial charge in [-0.1, -0.05) is 17.3 Å². The van der Waals surface area contributed by atoms with Crippen molar-refractivity contribution in [2.24, 2.45) is 0 Å².